The first-order valence-electron chi connectivity index (χ1n) is 5.82. The summed E-state index contributed by atoms with van der Waals surface area (Å²) in [6, 6.07) is 1.43. The van der Waals surface area contributed by atoms with Gasteiger partial charge >= 0.3 is 0 Å². The molecule has 1 rings (SSSR count). The van der Waals surface area contributed by atoms with Crippen LogP contribution in [0.15, 0.2) is 12.2 Å². The van der Waals surface area contributed by atoms with Gasteiger partial charge in [-0.3, -0.25) is 4.90 Å². The highest BCUT2D eigenvalue weighted by Gasteiger charge is 2.22. The molecular weight excluding hydrogens is 172 g/mol. The Kier molecular flexibility index (Phi) is 5.20. The van der Waals surface area contributed by atoms with Gasteiger partial charge in [0.05, 0.1) is 0 Å². The average molecular weight is 196 g/mol. The molecule has 0 saturated carbocycles. The maximum atomic E-state index is 3.61. The second kappa shape index (κ2) is 6.20. The van der Waals surface area contributed by atoms with Crippen molar-refractivity contribution in [1.29, 1.82) is 0 Å². The number of allylic oxidation sites excluding steroid dienone is 1. The van der Waals surface area contributed by atoms with E-state index in [1.807, 2.05) is 0 Å². The molecule has 2 heteroatoms. The summed E-state index contributed by atoms with van der Waals surface area (Å²) in [6.07, 6.45) is 6.82. The molecule has 82 valence electrons. The number of nitrogens with one attached hydrogen (secondary N) is 1. The van der Waals surface area contributed by atoms with E-state index < -0.39 is 0 Å². The zero-order valence-electron chi connectivity index (χ0n) is 9.79. The Balaban J connectivity index is 2.10. The normalized spacial score (nSPS) is 24.1. The summed E-state index contributed by atoms with van der Waals surface area (Å²) in [4.78, 5) is 2.55. The van der Waals surface area contributed by atoms with Crippen molar-refractivity contribution in [2.24, 2.45) is 0 Å². The van der Waals surface area contributed by atoms with Gasteiger partial charge in [-0.05, 0) is 46.7 Å². The van der Waals surface area contributed by atoms with Crippen molar-refractivity contribution in [3.63, 3.8) is 0 Å². The molecule has 1 N–H and O–H groups in total. The highest BCUT2D eigenvalue weighted by atomic mass is 15.2. The van der Waals surface area contributed by atoms with E-state index in [1.165, 1.54) is 19.5 Å². The summed E-state index contributed by atoms with van der Waals surface area (Å²) >= 11 is 0. The van der Waals surface area contributed by atoms with E-state index in [0.29, 0.717) is 6.04 Å². The molecule has 1 aliphatic heterocycles. The van der Waals surface area contributed by atoms with Crippen LogP contribution in [0.3, 0.4) is 0 Å². The minimum Gasteiger partial charge on any atom is -0.312 e. The fourth-order valence-electron chi connectivity index (χ4n) is 1.96. The van der Waals surface area contributed by atoms with Crippen LogP contribution in [0, 0.1) is 0 Å². The zero-order chi connectivity index (χ0) is 10.4. The quantitative estimate of drug-likeness (QED) is 0.534. The van der Waals surface area contributed by atoms with Gasteiger partial charge in [-0.1, -0.05) is 12.2 Å². The summed E-state index contributed by atoms with van der Waals surface area (Å²) in [6.45, 7) is 10.3. The molecular formula is C12H24N2. The monoisotopic (exact) mass is 196 g/mol. The van der Waals surface area contributed by atoms with E-state index in [9.17, 15) is 0 Å². The maximum Gasteiger partial charge on any atom is 0.0207 e. The largest absolute Gasteiger partial charge is 0.312 e. The first kappa shape index (κ1) is 11.7. The number of nitrogens with zero attached hydrogens (tertiary/aromatic N) is 1. The van der Waals surface area contributed by atoms with Crippen LogP contribution in [0.25, 0.3) is 0 Å². The van der Waals surface area contributed by atoms with Crippen LogP contribution in [-0.4, -0.2) is 36.6 Å². The SMILES string of the molecule is C/C=C/CCNC1CCN(C(C)C)C1. The Morgan fingerprint density at radius 3 is 2.86 bits per heavy atom. The van der Waals surface area contributed by atoms with Crippen LogP contribution in [0.5, 0.6) is 0 Å². The molecule has 1 heterocycles. The molecule has 14 heavy (non-hydrogen) atoms. The fourth-order valence-corrected chi connectivity index (χ4v) is 1.96. The minimum atomic E-state index is 0.706. The first-order valence-corrected chi connectivity index (χ1v) is 5.82. The molecule has 1 aliphatic rings. The van der Waals surface area contributed by atoms with Crippen LogP contribution >= 0.6 is 0 Å². The maximum absolute atomic E-state index is 3.61. The summed E-state index contributed by atoms with van der Waals surface area (Å²) in [5, 5.41) is 3.61. The number of likely N-dealkylation sites (tertiary alicyclic amines) is 1. The Labute approximate surface area is 88.4 Å². The van der Waals surface area contributed by atoms with Crippen molar-refractivity contribution in [2.45, 2.75) is 45.7 Å². The van der Waals surface area contributed by atoms with Crippen molar-refractivity contribution in [1.82, 2.24) is 10.2 Å². The predicted octanol–water partition coefficient (Wildman–Crippen LogP) is 2.02. The smallest absolute Gasteiger partial charge is 0.0207 e. The average Bonchev–Trinajstić information content (AvgIpc) is 2.61. The lowest BCUT2D eigenvalue weighted by atomic mass is 10.2. The van der Waals surface area contributed by atoms with Crippen LogP contribution in [0.1, 0.15) is 33.6 Å². The summed E-state index contributed by atoms with van der Waals surface area (Å²) < 4.78 is 0. The topological polar surface area (TPSA) is 15.3 Å². The van der Waals surface area contributed by atoms with Crippen LogP contribution in [0.4, 0.5) is 0 Å². The molecule has 0 aromatic carbocycles. The third kappa shape index (κ3) is 3.81. The van der Waals surface area contributed by atoms with Gasteiger partial charge in [0.1, 0.15) is 0 Å². The number of hydrogen-bond acceptors (Lipinski definition) is 2. The van der Waals surface area contributed by atoms with Crippen molar-refractivity contribution < 1.29 is 0 Å². The lowest BCUT2D eigenvalue weighted by Crippen LogP contribution is -2.35. The predicted molar refractivity (Wildman–Crippen MR) is 62.5 cm³/mol. The second-order valence-corrected chi connectivity index (χ2v) is 4.39. The van der Waals surface area contributed by atoms with E-state index in [2.05, 4.69) is 43.1 Å². The summed E-state index contributed by atoms with van der Waals surface area (Å²) in [5.74, 6) is 0. The molecule has 1 fully saturated rings. The third-order valence-electron chi connectivity index (χ3n) is 2.93. The molecule has 1 unspecified atom stereocenters. The molecule has 1 atom stereocenters. The highest BCUT2D eigenvalue weighted by molar-refractivity contribution is 4.84. The summed E-state index contributed by atoms with van der Waals surface area (Å²) in [5.41, 5.74) is 0. The summed E-state index contributed by atoms with van der Waals surface area (Å²) in [7, 11) is 0. The molecule has 0 aromatic rings. The zero-order valence-corrected chi connectivity index (χ0v) is 9.79. The highest BCUT2D eigenvalue weighted by Crippen LogP contribution is 2.11. The van der Waals surface area contributed by atoms with Crippen molar-refractivity contribution in [3.8, 4) is 0 Å². The van der Waals surface area contributed by atoms with E-state index in [1.54, 1.807) is 0 Å². The molecule has 0 radical (unpaired) electrons. The lowest BCUT2D eigenvalue weighted by molar-refractivity contribution is 0.268. The Hall–Kier alpha value is -0.340. The van der Waals surface area contributed by atoms with Gasteiger partial charge in [0.25, 0.3) is 0 Å². The number of rotatable bonds is 5. The van der Waals surface area contributed by atoms with Crippen molar-refractivity contribution in [3.05, 3.63) is 12.2 Å². The minimum absolute atomic E-state index is 0.706. The van der Waals surface area contributed by atoms with Gasteiger partial charge in [-0.15, -0.1) is 0 Å². The van der Waals surface area contributed by atoms with E-state index in [-0.39, 0.29) is 0 Å². The standard InChI is InChI=1S/C12H24N2/c1-4-5-6-8-13-12-7-9-14(10-12)11(2)3/h4-5,11-13H,6-10H2,1-3H3/b5-4+. The van der Waals surface area contributed by atoms with Crippen molar-refractivity contribution >= 4 is 0 Å². The Morgan fingerprint density at radius 2 is 2.29 bits per heavy atom. The Bertz CT molecular complexity index is 175. The Morgan fingerprint density at radius 1 is 1.50 bits per heavy atom. The number of hydrogen-bond donors (Lipinski definition) is 1. The van der Waals surface area contributed by atoms with Gasteiger partial charge in [-0.2, -0.15) is 0 Å². The van der Waals surface area contributed by atoms with Crippen LogP contribution in [0.2, 0.25) is 0 Å². The van der Waals surface area contributed by atoms with E-state index in [0.717, 1.165) is 19.0 Å². The fraction of sp³-hybridized carbons (Fsp3) is 0.833. The lowest BCUT2D eigenvalue weighted by Gasteiger charge is -2.20. The second-order valence-electron chi connectivity index (χ2n) is 4.39. The van der Waals surface area contributed by atoms with Crippen molar-refractivity contribution in [2.75, 3.05) is 19.6 Å². The molecule has 0 aliphatic carbocycles. The van der Waals surface area contributed by atoms with E-state index >= 15 is 0 Å². The van der Waals surface area contributed by atoms with Crippen LogP contribution in [-0.2, 0) is 0 Å². The molecule has 0 aromatic heterocycles. The first-order chi connectivity index (χ1) is 6.74. The van der Waals surface area contributed by atoms with Gasteiger partial charge in [0.2, 0.25) is 0 Å². The molecule has 2 nitrogen and oxygen atoms in total. The third-order valence-corrected chi connectivity index (χ3v) is 2.93. The van der Waals surface area contributed by atoms with E-state index in [4.69, 9.17) is 0 Å². The molecule has 1 saturated heterocycles. The van der Waals surface area contributed by atoms with Gasteiger partial charge in [0, 0.05) is 18.6 Å². The molecule has 0 amide bonds. The van der Waals surface area contributed by atoms with Gasteiger partial charge in [0.15, 0.2) is 0 Å². The molecule has 0 spiro atoms. The van der Waals surface area contributed by atoms with Crippen LogP contribution < -0.4 is 5.32 Å². The van der Waals surface area contributed by atoms with Gasteiger partial charge in [-0.25, -0.2) is 0 Å². The van der Waals surface area contributed by atoms with Gasteiger partial charge < -0.3 is 5.32 Å². The molecule has 0 bridgehead atoms.